The maximum absolute atomic E-state index is 12.0. The number of hydrogen-bond donors (Lipinski definition) is 0. The van der Waals surface area contributed by atoms with E-state index in [4.69, 9.17) is 26.1 Å². The standard InChI is InChI=1S/C19H31N9O3/c1-15(12-23-26-20)31-18(29)11-17(14-25-28-22)8-5-7-16(13-24-27-21)9-6-10-19(2,3)30-4/h5,8,11,15-16H,6-7,9-10,12-14H2,1-4H3/b8-5+,17-11-. The Morgan fingerprint density at radius 3 is 2.35 bits per heavy atom. The fourth-order valence-electron chi connectivity index (χ4n) is 2.60. The van der Waals surface area contributed by atoms with Gasteiger partial charge in [-0.1, -0.05) is 33.9 Å². The first-order chi connectivity index (χ1) is 14.8. The molecule has 2 atom stereocenters. The van der Waals surface area contributed by atoms with E-state index in [1.54, 1.807) is 20.1 Å². The molecule has 0 aliphatic rings. The molecule has 12 heteroatoms. The lowest BCUT2D eigenvalue weighted by Gasteiger charge is -2.23. The van der Waals surface area contributed by atoms with Gasteiger partial charge in [-0.05, 0) is 68.1 Å². The largest absolute Gasteiger partial charge is 0.459 e. The Balaban J connectivity index is 5.05. The van der Waals surface area contributed by atoms with E-state index in [0.29, 0.717) is 18.5 Å². The predicted octanol–water partition coefficient (Wildman–Crippen LogP) is 5.93. The lowest BCUT2D eigenvalue weighted by molar-refractivity contribution is -0.141. The van der Waals surface area contributed by atoms with E-state index < -0.39 is 12.1 Å². The van der Waals surface area contributed by atoms with E-state index in [1.165, 1.54) is 6.08 Å². The normalized spacial score (nSPS) is 13.5. The van der Waals surface area contributed by atoms with Crippen LogP contribution in [-0.2, 0) is 14.3 Å². The van der Waals surface area contributed by atoms with E-state index in [9.17, 15) is 4.79 Å². The molecule has 0 aliphatic carbocycles. The van der Waals surface area contributed by atoms with Gasteiger partial charge in [0.1, 0.15) is 6.10 Å². The summed E-state index contributed by atoms with van der Waals surface area (Å²) < 4.78 is 10.5. The molecule has 0 saturated heterocycles. The molecule has 0 rings (SSSR count). The maximum Gasteiger partial charge on any atom is 0.331 e. The van der Waals surface area contributed by atoms with Gasteiger partial charge < -0.3 is 9.47 Å². The first kappa shape index (κ1) is 27.8. The summed E-state index contributed by atoms with van der Waals surface area (Å²) in [5.41, 5.74) is 25.8. The van der Waals surface area contributed by atoms with Crippen LogP contribution in [0.15, 0.2) is 39.1 Å². The lowest BCUT2D eigenvalue weighted by atomic mass is 9.93. The number of ether oxygens (including phenoxy) is 2. The van der Waals surface area contributed by atoms with Gasteiger partial charge in [0.25, 0.3) is 0 Å². The molecule has 2 unspecified atom stereocenters. The summed E-state index contributed by atoms with van der Waals surface area (Å²) in [6, 6.07) is 0. The molecule has 0 saturated carbocycles. The van der Waals surface area contributed by atoms with Gasteiger partial charge in [0.2, 0.25) is 0 Å². The van der Waals surface area contributed by atoms with Crippen LogP contribution in [0, 0.1) is 5.92 Å². The van der Waals surface area contributed by atoms with Crippen molar-refractivity contribution in [2.75, 3.05) is 26.7 Å². The minimum Gasteiger partial charge on any atom is -0.459 e. The molecule has 31 heavy (non-hydrogen) atoms. The molecule has 0 fully saturated rings. The Kier molecular flexibility index (Phi) is 14.9. The number of carbonyl (C=O) groups is 1. The van der Waals surface area contributed by atoms with E-state index >= 15 is 0 Å². The number of methoxy groups -OCH3 is 1. The van der Waals surface area contributed by atoms with Crippen LogP contribution in [-0.4, -0.2) is 44.4 Å². The maximum atomic E-state index is 12.0. The molecule has 0 aromatic heterocycles. The van der Waals surface area contributed by atoms with Crippen LogP contribution < -0.4 is 0 Å². The van der Waals surface area contributed by atoms with Gasteiger partial charge in [0, 0.05) is 34.5 Å². The van der Waals surface area contributed by atoms with Gasteiger partial charge in [0.15, 0.2) is 0 Å². The number of carbonyl (C=O) groups excluding carboxylic acids is 1. The highest BCUT2D eigenvalue weighted by molar-refractivity contribution is 5.83. The van der Waals surface area contributed by atoms with Crippen LogP contribution in [0.4, 0.5) is 0 Å². The Morgan fingerprint density at radius 1 is 1.10 bits per heavy atom. The zero-order valence-electron chi connectivity index (χ0n) is 18.6. The number of hydrogen-bond acceptors (Lipinski definition) is 6. The second-order valence-corrected chi connectivity index (χ2v) is 7.54. The van der Waals surface area contributed by atoms with Gasteiger partial charge in [-0.3, -0.25) is 0 Å². The zero-order chi connectivity index (χ0) is 23.5. The number of rotatable bonds is 16. The minimum absolute atomic E-state index is 0.0180. The molecule has 0 aromatic rings. The molecular formula is C19H31N9O3. The number of allylic oxidation sites excluding steroid dienone is 1. The summed E-state index contributed by atoms with van der Waals surface area (Å²) in [6.07, 6.45) is 7.48. The van der Waals surface area contributed by atoms with Crippen molar-refractivity contribution in [3.8, 4) is 0 Å². The first-order valence-electron chi connectivity index (χ1n) is 9.93. The SMILES string of the molecule is COC(C)(C)CCCC(C/C=C/C(=C/C(=O)OC(C)CN=[N+]=[N-])CN=[N+]=[N-])CN=[N+]=[N-]. The average molecular weight is 434 g/mol. The van der Waals surface area contributed by atoms with E-state index in [1.807, 2.05) is 19.9 Å². The second-order valence-electron chi connectivity index (χ2n) is 7.54. The van der Waals surface area contributed by atoms with Crippen molar-refractivity contribution in [2.45, 2.75) is 58.2 Å². The van der Waals surface area contributed by atoms with Gasteiger partial charge in [0.05, 0.1) is 18.7 Å². The monoisotopic (exact) mass is 433 g/mol. The molecule has 0 amide bonds. The number of nitrogens with zero attached hydrogens (tertiary/aromatic N) is 9. The quantitative estimate of drug-likeness (QED) is 0.0730. The molecule has 0 bridgehead atoms. The molecule has 0 heterocycles. The van der Waals surface area contributed by atoms with Crippen molar-refractivity contribution < 1.29 is 14.3 Å². The topological polar surface area (TPSA) is 182 Å². The van der Waals surface area contributed by atoms with Crippen molar-refractivity contribution in [1.82, 2.24) is 0 Å². The average Bonchev–Trinajstić information content (AvgIpc) is 2.73. The minimum atomic E-state index is -0.624. The summed E-state index contributed by atoms with van der Waals surface area (Å²) in [4.78, 5) is 20.2. The summed E-state index contributed by atoms with van der Waals surface area (Å²) in [5, 5.41) is 10.5. The highest BCUT2D eigenvalue weighted by atomic mass is 16.5. The first-order valence-corrected chi connectivity index (χ1v) is 9.93. The zero-order valence-corrected chi connectivity index (χ0v) is 18.6. The number of esters is 1. The fourth-order valence-corrected chi connectivity index (χ4v) is 2.60. The summed E-state index contributed by atoms with van der Waals surface area (Å²) >= 11 is 0. The Morgan fingerprint density at radius 2 is 1.74 bits per heavy atom. The fraction of sp³-hybridized carbons (Fsp3) is 0.737. The molecule has 170 valence electrons. The Bertz CT molecular complexity index is 760. The van der Waals surface area contributed by atoms with E-state index in [2.05, 4.69) is 30.1 Å². The van der Waals surface area contributed by atoms with E-state index in [0.717, 1.165) is 19.3 Å². The van der Waals surface area contributed by atoms with Crippen molar-refractivity contribution in [2.24, 2.45) is 21.3 Å². The highest BCUT2D eigenvalue weighted by Crippen LogP contribution is 2.21. The molecule has 0 N–H and O–H groups in total. The van der Waals surface area contributed by atoms with Crippen LogP contribution in [0.25, 0.3) is 31.3 Å². The molecule has 0 spiro atoms. The van der Waals surface area contributed by atoms with Crippen LogP contribution in [0.5, 0.6) is 0 Å². The van der Waals surface area contributed by atoms with Crippen LogP contribution in [0.3, 0.4) is 0 Å². The third-order valence-electron chi connectivity index (χ3n) is 4.49. The van der Waals surface area contributed by atoms with Crippen molar-refractivity contribution >= 4 is 5.97 Å². The van der Waals surface area contributed by atoms with Gasteiger partial charge >= 0.3 is 5.97 Å². The molecule has 12 nitrogen and oxygen atoms in total. The van der Waals surface area contributed by atoms with Crippen molar-refractivity contribution in [1.29, 1.82) is 0 Å². The molecule has 0 radical (unpaired) electrons. The van der Waals surface area contributed by atoms with Crippen molar-refractivity contribution in [3.05, 3.63) is 55.1 Å². The Hall–Kier alpha value is -3.16. The number of azide groups is 3. The van der Waals surface area contributed by atoms with Gasteiger partial charge in [-0.15, -0.1) is 0 Å². The third-order valence-corrected chi connectivity index (χ3v) is 4.49. The second kappa shape index (κ2) is 16.6. The third kappa shape index (κ3) is 15.4. The molecule has 0 aliphatic heterocycles. The van der Waals surface area contributed by atoms with Crippen LogP contribution in [0.2, 0.25) is 0 Å². The molecular weight excluding hydrogens is 402 g/mol. The van der Waals surface area contributed by atoms with Crippen LogP contribution in [0.1, 0.15) is 46.5 Å². The summed E-state index contributed by atoms with van der Waals surface area (Å²) in [7, 11) is 1.68. The molecule has 0 aromatic carbocycles. The lowest BCUT2D eigenvalue weighted by Crippen LogP contribution is -2.22. The highest BCUT2D eigenvalue weighted by Gasteiger charge is 2.17. The van der Waals surface area contributed by atoms with Gasteiger partial charge in [-0.25, -0.2) is 4.79 Å². The Labute approximate surface area is 182 Å². The van der Waals surface area contributed by atoms with E-state index in [-0.39, 0.29) is 24.6 Å². The summed E-state index contributed by atoms with van der Waals surface area (Å²) in [5.74, 6) is -0.489. The predicted molar refractivity (Wildman–Crippen MR) is 118 cm³/mol. The van der Waals surface area contributed by atoms with Crippen molar-refractivity contribution in [3.63, 3.8) is 0 Å². The van der Waals surface area contributed by atoms with Gasteiger partial charge in [-0.2, -0.15) is 0 Å². The summed E-state index contributed by atoms with van der Waals surface area (Å²) in [6.45, 7) is 6.02. The van der Waals surface area contributed by atoms with Crippen LogP contribution >= 0.6 is 0 Å². The smallest absolute Gasteiger partial charge is 0.331 e.